The summed E-state index contributed by atoms with van der Waals surface area (Å²) in [4.78, 5) is 13.2. The molecule has 0 saturated carbocycles. The molecule has 13 heavy (non-hydrogen) atoms. The van der Waals surface area contributed by atoms with Gasteiger partial charge in [0.25, 0.3) is 0 Å². The highest BCUT2D eigenvalue weighted by atomic mass is 16.4. The van der Waals surface area contributed by atoms with Gasteiger partial charge in [-0.2, -0.15) is 0 Å². The van der Waals surface area contributed by atoms with Crippen LogP contribution in [0.15, 0.2) is 18.3 Å². The quantitative estimate of drug-likeness (QED) is 0.526. The zero-order valence-corrected chi connectivity index (χ0v) is 7.16. The molecule has 1 unspecified atom stereocenters. The summed E-state index contributed by atoms with van der Waals surface area (Å²) in [5.41, 5.74) is 5.53. The van der Waals surface area contributed by atoms with E-state index in [0.29, 0.717) is 6.54 Å². The molecule has 0 aliphatic heterocycles. The molecule has 1 heterocycles. The summed E-state index contributed by atoms with van der Waals surface area (Å²) in [5.74, 6) is -0.0263. The molecule has 5 heteroatoms. The van der Waals surface area contributed by atoms with Crippen LogP contribution in [0.25, 0.3) is 0 Å². The molecule has 0 aromatic carbocycles. The Morgan fingerprint density at radius 1 is 1.77 bits per heavy atom. The van der Waals surface area contributed by atoms with Gasteiger partial charge >= 0.3 is 5.97 Å². The molecule has 1 aromatic rings. The van der Waals surface area contributed by atoms with Gasteiger partial charge in [0.2, 0.25) is 0 Å². The Balaban J connectivity index is 2.22. The molecule has 0 bridgehead atoms. The molecule has 1 aromatic heterocycles. The Kier molecular flexibility index (Phi) is 3.33. The average molecular weight is 183 g/mol. The van der Waals surface area contributed by atoms with Crippen molar-refractivity contribution in [1.29, 1.82) is 0 Å². The number of aromatic amines is 1. The van der Waals surface area contributed by atoms with E-state index in [2.05, 4.69) is 10.3 Å². The number of H-pyrrole nitrogens is 1. The standard InChI is InChI=1S/C8H13N3O2/c9-6(4-8(12)13)5-11-7-2-1-3-10-7/h1-3,6,10-11H,4-5,9H2,(H,12,13). The minimum atomic E-state index is -0.874. The first-order valence-electron chi connectivity index (χ1n) is 4.03. The van der Waals surface area contributed by atoms with Crippen LogP contribution in [-0.2, 0) is 4.79 Å². The van der Waals surface area contributed by atoms with E-state index in [1.165, 1.54) is 0 Å². The Bertz CT molecular complexity index is 258. The summed E-state index contributed by atoms with van der Waals surface area (Å²) < 4.78 is 0. The van der Waals surface area contributed by atoms with Crippen LogP contribution in [-0.4, -0.2) is 28.6 Å². The lowest BCUT2D eigenvalue weighted by molar-refractivity contribution is -0.137. The number of anilines is 1. The van der Waals surface area contributed by atoms with E-state index < -0.39 is 5.97 Å². The number of hydrogen-bond acceptors (Lipinski definition) is 3. The first-order valence-corrected chi connectivity index (χ1v) is 4.03. The van der Waals surface area contributed by atoms with E-state index in [0.717, 1.165) is 5.82 Å². The fraction of sp³-hybridized carbons (Fsp3) is 0.375. The largest absolute Gasteiger partial charge is 0.481 e. The predicted molar refractivity (Wildman–Crippen MR) is 49.5 cm³/mol. The maximum absolute atomic E-state index is 10.3. The molecule has 0 amide bonds. The monoisotopic (exact) mass is 183 g/mol. The normalized spacial score (nSPS) is 12.4. The summed E-state index contributed by atoms with van der Waals surface area (Å²) in [6.45, 7) is 0.451. The second-order valence-corrected chi connectivity index (χ2v) is 2.82. The number of carbonyl (C=O) groups is 1. The number of aromatic nitrogens is 1. The lowest BCUT2D eigenvalue weighted by Gasteiger charge is -2.09. The number of nitrogens with one attached hydrogen (secondary N) is 2. The maximum atomic E-state index is 10.3. The lowest BCUT2D eigenvalue weighted by atomic mass is 10.2. The minimum Gasteiger partial charge on any atom is -0.481 e. The van der Waals surface area contributed by atoms with E-state index in [1.54, 1.807) is 6.20 Å². The fourth-order valence-corrected chi connectivity index (χ4v) is 0.978. The number of rotatable bonds is 5. The van der Waals surface area contributed by atoms with Crippen molar-refractivity contribution in [3.8, 4) is 0 Å². The Morgan fingerprint density at radius 3 is 3.08 bits per heavy atom. The van der Waals surface area contributed by atoms with Crippen LogP contribution >= 0.6 is 0 Å². The van der Waals surface area contributed by atoms with Gasteiger partial charge in [0.05, 0.1) is 6.42 Å². The van der Waals surface area contributed by atoms with Crippen molar-refractivity contribution in [2.45, 2.75) is 12.5 Å². The van der Waals surface area contributed by atoms with Gasteiger partial charge in [-0.1, -0.05) is 0 Å². The number of carboxylic acid groups (broad SMARTS) is 1. The van der Waals surface area contributed by atoms with E-state index in [9.17, 15) is 4.79 Å². The van der Waals surface area contributed by atoms with Crippen LogP contribution in [0.2, 0.25) is 0 Å². The van der Waals surface area contributed by atoms with Crippen molar-refractivity contribution in [3.05, 3.63) is 18.3 Å². The van der Waals surface area contributed by atoms with Crippen molar-refractivity contribution < 1.29 is 9.90 Å². The number of carboxylic acids is 1. The molecule has 0 fully saturated rings. The number of hydrogen-bond donors (Lipinski definition) is 4. The van der Waals surface area contributed by atoms with Gasteiger partial charge in [-0.15, -0.1) is 0 Å². The first-order chi connectivity index (χ1) is 6.18. The Labute approximate surface area is 75.9 Å². The highest BCUT2D eigenvalue weighted by Gasteiger charge is 2.07. The van der Waals surface area contributed by atoms with Crippen LogP contribution < -0.4 is 11.1 Å². The van der Waals surface area contributed by atoms with Gasteiger partial charge in [-0.3, -0.25) is 4.79 Å². The van der Waals surface area contributed by atoms with Crippen molar-refractivity contribution in [3.63, 3.8) is 0 Å². The van der Waals surface area contributed by atoms with Gasteiger partial charge < -0.3 is 21.1 Å². The summed E-state index contributed by atoms with van der Waals surface area (Å²) in [5, 5.41) is 11.4. The molecule has 0 radical (unpaired) electrons. The molecule has 72 valence electrons. The van der Waals surface area contributed by atoms with Gasteiger partial charge in [0.1, 0.15) is 5.82 Å². The van der Waals surface area contributed by atoms with Crippen LogP contribution in [0.3, 0.4) is 0 Å². The third kappa shape index (κ3) is 3.62. The predicted octanol–water partition coefficient (Wildman–Crippen LogP) is 0.229. The van der Waals surface area contributed by atoms with E-state index in [-0.39, 0.29) is 12.5 Å². The van der Waals surface area contributed by atoms with Crippen molar-refractivity contribution in [2.75, 3.05) is 11.9 Å². The Hall–Kier alpha value is -1.49. The summed E-state index contributed by atoms with van der Waals surface area (Å²) in [6, 6.07) is 3.35. The van der Waals surface area contributed by atoms with E-state index in [1.807, 2.05) is 12.1 Å². The van der Waals surface area contributed by atoms with Crippen LogP contribution in [0, 0.1) is 0 Å². The maximum Gasteiger partial charge on any atom is 0.304 e. The molecular formula is C8H13N3O2. The van der Waals surface area contributed by atoms with Crippen molar-refractivity contribution in [2.24, 2.45) is 5.73 Å². The second kappa shape index (κ2) is 4.51. The fourth-order valence-electron chi connectivity index (χ4n) is 0.978. The van der Waals surface area contributed by atoms with Gasteiger partial charge in [-0.25, -0.2) is 0 Å². The number of nitrogens with two attached hydrogens (primary N) is 1. The third-order valence-corrected chi connectivity index (χ3v) is 1.59. The van der Waals surface area contributed by atoms with Crippen LogP contribution in [0.5, 0.6) is 0 Å². The van der Waals surface area contributed by atoms with Crippen molar-refractivity contribution in [1.82, 2.24) is 4.98 Å². The molecule has 1 atom stereocenters. The zero-order chi connectivity index (χ0) is 9.68. The topological polar surface area (TPSA) is 91.1 Å². The minimum absolute atomic E-state index is 0.0201. The number of aliphatic carboxylic acids is 1. The lowest BCUT2D eigenvalue weighted by Crippen LogP contribution is -2.31. The highest BCUT2D eigenvalue weighted by Crippen LogP contribution is 2.00. The highest BCUT2D eigenvalue weighted by molar-refractivity contribution is 5.67. The van der Waals surface area contributed by atoms with Crippen molar-refractivity contribution >= 4 is 11.8 Å². The summed E-state index contributed by atoms with van der Waals surface area (Å²) in [7, 11) is 0. The molecule has 0 saturated heterocycles. The van der Waals surface area contributed by atoms with Gasteiger partial charge in [0, 0.05) is 18.8 Å². The second-order valence-electron chi connectivity index (χ2n) is 2.82. The molecular weight excluding hydrogens is 170 g/mol. The van der Waals surface area contributed by atoms with Crippen LogP contribution in [0.1, 0.15) is 6.42 Å². The van der Waals surface area contributed by atoms with Crippen LogP contribution in [0.4, 0.5) is 5.82 Å². The smallest absolute Gasteiger partial charge is 0.304 e. The molecule has 0 aliphatic rings. The average Bonchev–Trinajstić information content (AvgIpc) is 2.51. The molecule has 0 spiro atoms. The molecule has 5 nitrogen and oxygen atoms in total. The molecule has 0 aliphatic carbocycles. The molecule has 5 N–H and O–H groups in total. The summed E-state index contributed by atoms with van der Waals surface area (Å²) >= 11 is 0. The van der Waals surface area contributed by atoms with E-state index in [4.69, 9.17) is 10.8 Å². The Morgan fingerprint density at radius 2 is 2.54 bits per heavy atom. The third-order valence-electron chi connectivity index (χ3n) is 1.59. The van der Waals surface area contributed by atoms with Gasteiger partial charge in [-0.05, 0) is 12.1 Å². The SMILES string of the molecule is NC(CNc1ccc[nH]1)CC(=O)O. The summed E-state index contributed by atoms with van der Waals surface area (Å²) in [6.07, 6.45) is 1.76. The first kappa shape index (κ1) is 9.60. The van der Waals surface area contributed by atoms with E-state index >= 15 is 0 Å². The van der Waals surface area contributed by atoms with Gasteiger partial charge in [0.15, 0.2) is 0 Å². The zero-order valence-electron chi connectivity index (χ0n) is 7.16. The molecule has 1 rings (SSSR count).